The molecule has 0 spiro atoms. The first-order valence-electron chi connectivity index (χ1n) is 3.06. The minimum absolute atomic E-state index is 0.810. The quantitative estimate of drug-likeness (QED) is 0.439. The number of nitrogens with two attached hydrogens (primary N) is 1. The van der Waals surface area contributed by atoms with Crippen LogP contribution in [0.25, 0.3) is 0 Å². The summed E-state index contributed by atoms with van der Waals surface area (Å²) in [5, 5.41) is 0. The molecule has 3 nitrogen and oxygen atoms in total. The molecule has 2 N–H and O–H groups in total. The van der Waals surface area contributed by atoms with Crippen molar-refractivity contribution < 1.29 is 9.41 Å². The fourth-order valence-corrected chi connectivity index (χ4v) is 0.799. The molecule has 0 atom stereocenters. The van der Waals surface area contributed by atoms with Gasteiger partial charge in [0.15, 0.2) is 11.9 Å². The Labute approximate surface area is 60.0 Å². The van der Waals surface area contributed by atoms with E-state index in [1.807, 2.05) is 19.1 Å². The lowest BCUT2D eigenvalue weighted by molar-refractivity contribution is -0.645. The fraction of sp³-hybridized carbons (Fsp3) is 0.286. The van der Waals surface area contributed by atoms with Gasteiger partial charge < -0.3 is 4.74 Å². The van der Waals surface area contributed by atoms with Gasteiger partial charge in [-0.05, 0) is 6.07 Å². The zero-order valence-electron chi connectivity index (χ0n) is 6.16. The van der Waals surface area contributed by atoms with Crippen molar-refractivity contribution in [3.05, 3.63) is 24.0 Å². The van der Waals surface area contributed by atoms with E-state index in [1.165, 1.54) is 4.68 Å². The molecule has 0 fully saturated rings. The van der Waals surface area contributed by atoms with Crippen LogP contribution < -0.4 is 15.3 Å². The summed E-state index contributed by atoms with van der Waals surface area (Å²) >= 11 is 0. The number of rotatable bonds is 1. The number of nitrogens with zero attached hydrogens (tertiary/aromatic N) is 1. The number of hydrogen-bond donors (Lipinski definition) is 1. The van der Waals surface area contributed by atoms with E-state index in [1.54, 1.807) is 13.3 Å². The first kappa shape index (κ1) is 6.86. The van der Waals surface area contributed by atoms with Crippen LogP contribution >= 0.6 is 0 Å². The Bertz CT molecular complexity index is 235. The van der Waals surface area contributed by atoms with Crippen molar-refractivity contribution in [3.63, 3.8) is 0 Å². The second-order valence-electron chi connectivity index (χ2n) is 2.07. The zero-order valence-corrected chi connectivity index (χ0v) is 6.16. The van der Waals surface area contributed by atoms with Gasteiger partial charge in [0.2, 0.25) is 5.69 Å². The van der Waals surface area contributed by atoms with E-state index in [0.717, 1.165) is 11.4 Å². The van der Waals surface area contributed by atoms with E-state index >= 15 is 0 Å². The lowest BCUT2D eigenvalue weighted by atomic mass is 10.3. The Balaban J connectivity index is 3.14. The molecule has 1 heterocycles. The van der Waals surface area contributed by atoms with Crippen molar-refractivity contribution >= 4 is 0 Å². The van der Waals surface area contributed by atoms with Crippen LogP contribution in [-0.4, -0.2) is 7.11 Å². The number of nitrogen functional groups attached to an aromatic ring is 1. The molecule has 54 valence electrons. The SMILES string of the molecule is COc1ccc[n+](N)c1C. The van der Waals surface area contributed by atoms with Gasteiger partial charge >= 0.3 is 0 Å². The lowest BCUT2D eigenvalue weighted by Crippen LogP contribution is -2.46. The molecule has 0 aliphatic heterocycles. The largest absolute Gasteiger partial charge is 0.490 e. The average molecular weight is 139 g/mol. The summed E-state index contributed by atoms with van der Waals surface area (Å²) in [5.41, 5.74) is 0.921. The molecular weight excluding hydrogens is 128 g/mol. The molecule has 0 saturated carbocycles. The molecular formula is C7H11N2O+. The molecule has 10 heavy (non-hydrogen) atoms. The van der Waals surface area contributed by atoms with Crippen LogP contribution in [0.3, 0.4) is 0 Å². The predicted octanol–water partition coefficient (Wildman–Crippen LogP) is 0.00492. The highest BCUT2D eigenvalue weighted by atomic mass is 16.5. The second kappa shape index (κ2) is 2.56. The Morgan fingerprint density at radius 3 is 2.80 bits per heavy atom. The van der Waals surface area contributed by atoms with E-state index in [-0.39, 0.29) is 0 Å². The predicted molar refractivity (Wildman–Crippen MR) is 38.1 cm³/mol. The van der Waals surface area contributed by atoms with Gasteiger partial charge in [-0.15, -0.1) is 0 Å². The third-order valence-electron chi connectivity index (χ3n) is 1.46. The Kier molecular flexibility index (Phi) is 1.76. The van der Waals surface area contributed by atoms with E-state index in [2.05, 4.69) is 0 Å². The topological polar surface area (TPSA) is 39.1 Å². The number of hydrogen-bond acceptors (Lipinski definition) is 2. The van der Waals surface area contributed by atoms with Crippen LogP contribution in [0.2, 0.25) is 0 Å². The van der Waals surface area contributed by atoms with Crippen molar-refractivity contribution in [2.75, 3.05) is 13.0 Å². The monoisotopic (exact) mass is 139 g/mol. The van der Waals surface area contributed by atoms with Crippen molar-refractivity contribution in [1.82, 2.24) is 0 Å². The Morgan fingerprint density at radius 1 is 1.60 bits per heavy atom. The highest BCUT2D eigenvalue weighted by Crippen LogP contribution is 2.09. The van der Waals surface area contributed by atoms with Gasteiger partial charge in [-0.25, -0.2) is 5.84 Å². The van der Waals surface area contributed by atoms with Crippen LogP contribution in [0.15, 0.2) is 18.3 Å². The maximum absolute atomic E-state index is 5.53. The van der Waals surface area contributed by atoms with E-state index < -0.39 is 0 Å². The average Bonchev–Trinajstić information content (AvgIpc) is 1.95. The molecule has 1 aromatic rings. The van der Waals surface area contributed by atoms with Gasteiger partial charge in [-0.1, -0.05) is 4.68 Å². The molecule has 1 aromatic heterocycles. The second-order valence-corrected chi connectivity index (χ2v) is 2.07. The third-order valence-corrected chi connectivity index (χ3v) is 1.46. The molecule has 0 amide bonds. The maximum atomic E-state index is 5.53. The molecule has 0 radical (unpaired) electrons. The van der Waals surface area contributed by atoms with E-state index in [9.17, 15) is 0 Å². The first-order valence-corrected chi connectivity index (χ1v) is 3.06. The molecule has 0 aliphatic rings. The molecule has 0 unspecified atom stereocenters. The minimum Gasteiger partial charge on any atom is -0.490 e. The third kappa shape index (κ3) is 1.03. The van der Waals surface area contributed by atoms with Crippen LogP contribution in [0.1, 0.15) is 5.69 Å². The Morgan fingerprint density at radius 2 is 2.30 bits per heavy atom. The number of aromatic nitrogens is 1. The summed E-state index contributed by atoms with van der Waals surface area (Å²) in [6.07, 6.45) is 1.78. The van der Waals surface area contributed by atoms with Gasteiger partial charge in [0, 0.05) is 13.0 Å². The summed E-state index contributed by atoms with van der Waals surface area (Å²) in [5.74, 6) is 6.34. The minimum atomic E-state index is 0.810. The van der Waals surface area contributed by atoms with Crippen molar-refractivity contribution in [1.29, 1.82) is 0 Å². The van der Waals surface area contributed by atoms with Gasteiger partial charge in [0.25, 0.3) is 0 Å². The summed E-state index contributed by atoms with van der Waals surface area (Å²) in [6.45, 7) is 1.90. The molecule has 0 saturated heterocycles. The molecule has 1 rings (SSSR count). The normalized spacial score (nSPS) is 9.40. The van der Waals surface area contributed by atoms with Gasteiger partial charge in [0.1, 0.15) is 0 Å². The van der Waals surface area contributed by atoms with Crippen molar-refractivity contribution in [2.45, 2.75) is 6.92 Å². The fourth-order valence-electron chi connectivity index (χ4n) is 0.799. The smallest absolute Gasteiger partial charge is 0.249 e. The highest BCUT2D eigenvalue weighted by molar-refractivity contribution is 5.21. The van der Waals surface area contributed by atoms with Crippen LogP contribution in [0, 0.1) is 6.92 Å². The van der Waals surface area contributed by atoms with Crippen molar-refractivity contribution in [3.8, 4) is 5.75 Å². The highest BCUT2D eigenvalue weighted by Gasteiger charge is 2.06. The zero-order chi connectivity index (χ0) is 7.56. The van der Waals surface area contributed by atoms with Crippen LogP contribution in [-0.2, 0) is 0 Å². The Hall–Kier alpha value is -1.25. The summed E-state index contributed by atoms with van der Waals surface area (Å²) < 4.78 is 6.55. The van der Waals surface area contributed by atoms with E-state index in [0.29, 0.717) is 0 Å². The first-order chi connectivity index (χ1) is 4.75. The summed E-state index contributed by atoms with van der Waals surface area (Å²) in [7, 11) is 1.63. The standard InChI is InChI=1S/C7H11N2O/c1-6-7(10-2)4-3-5-9(6)8/h3-5H,8H2,1-2H3/q+1. The maximum Gasteiger partial charge on any atom is 0.249 e. The number of ether oxygens (including phenoxy) is 1. The number of pyridine rings is 1. The number of methoxy groups -OCH3 is 1. The molecule has 0 aliphatic carbocycles. The van der Waals surface area contributed by atoms with Crippen LogP contribution in [0.5, 0.6) is 5.75 Å². The molecule has 3 heteroatoms. The molecule has 0 aromatic carbocycles. The van der Waals surface area contributed by atoms with Crippen molar-refractivity contribution in [2.24, 2.45) is 0 Å². The molecule has 0 bridgehead atoms. The van der Waals surface area contributed by atoms with E-state index in [4.69, 9.17) is 10.6 Å². The van der Waals surface area contributed by atoms with Gasteiger partial charge in [-0.2, -0.15) is 0 Å². The van der Waals surface area contributed by atoms with Gasteiger partial charge in [0.05, 0.1) is 7.11 Å². The lowest BCUT2D eigenvalue weighted by Gasteiger charge is -1.98. The summed E-state index contributed by atoms with van der Waals surface area (Å²) in [4.78, 5) is 0. The van der Waals surface area contributed by atoms with Gasteiger partial charge in [-0.3, -0.25) is 0 Å². The van der Waals surface area contributed by atoms with Crippen LogP contribution in [0.4, 0.5) is 0 Å². The summed E-state index contributed by atoms with van der Waals surface area (Å²) in [6, 6.07) is 3.71.